The van der Waals surface area contributed by atoms with Gasteiger partial charge < -0.3 is 5.32 Å². The van der Waals surface area contributed by atoms with Crippen molar-refractivity contribution in [3.63, 3.8) is 0 Å². The average Bonchev–Trinajstić information content (AvgIpc) is 3.25. The number of aromatic nitrogens is 1. The van der Waals surface area contributed by atoms with Crippen molar-refractivity contribution in [3.05, 3.63) is 57.4 Å². The maximum Gasteiger partial charge on any atom is 0.0737 e. The Balaban J connectivity index is 1.44. The Morgan fingerprint density at radius 1 is 1.08 bits per heavy atom. The van der Waals surface area contributed by atoms with E-state index in [2.05, 4.69) is 27.3 Å². The second-order valence-electron chi connectivity index (χ2n) is 6.22. The zero-order valence-corrected chi connectivity index (χ0v) is 15.0. The molecule has 3 heterocycles. The summed E-state index contributed by atoms with van der Waals surface area (Å²) in [4.78, 5) is 9.76. The number of hydrogen-bond donors (Lipinski definition) is 1. The summed E-state index contributed by atoms with van der Waals surface area (Å²) in [5, 5.41) is 5.37. The molecule has 1 aromatic carbocycles. The van der Waals surface area contributed by atoms with Crippen LogP contribution in [0.4, 0.5) is 5.69 Å². The van der Waals surface area contributed by atoms with Gasteiger partial charge in [-0.25, -0.2) is 0 Å². The van der Waals surface area contributed by atoms with Crippen LogP contribution in [0.5, 0.6) is 0 Å². The molecule has 0 amide bonds. The minimum atomic E-state index is 0.719. The number of nitrogens with zero attached hydrogens (tertiary/aromatic N) is 2. The van der Waals surface area contributed by atoms with E-state index in [9.17, 15) is 0 Å². The lowest BCUT2D eigenvalue weighted by Gasteiger charge is -2.12. The third-order valence-electron chi connectivity index (χ3n) is 4.45. The van der Waals surface area contributed by atoms with E-state index in [1.165, 1.54) is 35.7 Å². The van der Waals surface area contributed by atoms with Crippen LogP contribution >= 0.6 is 22.9 Å². The van der Waals surface area contributed by atoms with E-state index in [0.717, 1.165) is 34.7 Å². The van der Waals surface area contributed by atoms with Gasteiger partial charge in [-0.15, -0.1) is 11.3 Å². The normalized spacial score (nSPS) is 15.2. The smallest absolute Gasteiger partial charge is 0.0737 e. The molecule has 0 radical (unpaired) electrons. The van der Waals surface area contributed by atoms with Crippen molar-refractivity contribution in [2.45, 2.75) is 25.9 Å². The van der Waals surface area contributed by atoms with Gasteiger partial charge in [0.1, 0.15) is 0 Å². The van der Waals surface area contributed by atoms with Gasteiger partial charge in [-0.05, 0) is 62.3 Å². The molecule has 0 bridgehead atoms. The molecule has 0 saturated carbocycles. The molecular weight excluding hydrogens is 338 g/mol. The molecule has 0 unspecified atom stereocenters. The van der Waals surface area contributed by atoms with Crippen molar-refractivity contribution in [1.29, 1.82) is 0 Å². The van der Waals surface area contributed by atoms with Crippen LogP contribution in [0.1, 0.15) is 22.6 Å². The van der Waals surface area contributed by atoms with Crippen LogP contribution < -0.4 is 5.32 Å². The number of nitrogens with one attached hydrogen (secondary N) is 1. The molecule has 124 valence electrons. The summed E-state index contributed by atoms with van der Waals surface area (Å²) in [6.07, 6.45) is 4.52. The van der Waals surface area contributed by atoms with Crippen molar-refractivity contribution in [3.8, 4) is 0 Å². The summed E-state index contributed by atoms with van der Waals surface area (Å²) in [6.45, 7) is 4.43. The maximum absolute atomic E-state index is 6.05. The first kappa shape index (κ1) is 15.9. The van der Waals surface area contributed by atoms with Gasteiger partial charge in [-0.3, -0.25) is 9.88 Å². The predicted molar refractivity (Wildman–Crippen MR) is 103 cm³/mol. The Bertz CT molecular complexity index is 839. The molecule has 0 atom stereocenters. The van der Waals surface area contributed by atoms with Crippen molar-refractivity contribution >= 4 is 39.5 Å². The fraction of sp³-hybridized carbons (Fsp3) is 0.316. The largest absolute Gasteiger partial charge is 0.380 e. The highest BCUT2D eigenvalue weighted by Gasteiger charge is 2.13. The van der Waals surface area contributed by atoms with Crippen molar-refractivity contribution in [2.24, 2.45) is 0 Å². The minimum Gasteiger partial charge on any atom is -0.380 e. The molecule has 3 nitrogen and oxygen atoms in total. The second-order valence-corrected chi connectivity index (χ2v) is 7.91. The fourth-order valence-corrected chi connectivity index (χ4v) is 4.39. The summed E-state index contributed by atoms with van der Waals surface area (Å²) in [5.41, 5.74) is 2.03. The minimum absolute atomic E-state index is 0.719. The molecule has 1 N–H and O–H groups in total. The Kier molecular flexibility index (Phi) is 4.69. The van der Waals surface area contributed by atoms with Crippen molar-refractivity contribution in [1.82, 2.24) is 9.88 Å². The van der Waals surface area contributed by atoms with Crippen LogP contribution in [0.2, 0.25) is 5.02 Å². The van der Waals surface area contributed by atoms with Gasteiger partial charge in [0.05, 0.1) is 5.52 Å². The number of benzene rings is 1. The van der Waals surface area contributed by atoms with E-state index in [0.29, 0.717) is 0 Å². The number of anilines is 1. The van der Waals surface area contributed by atoms with Gasteiger partial charge >= 0.3 is 0 Å². The topological polar surface area (TPSA) is 28.2 Å². The number of rotatable bonds is 5. The molecule has 1 saturated heterocycles. The first-order chi connectivity index (χ1) is 11.8. The summed E-state index contributed by atoms with van der Waals surface area (Å²) in [5.74, 6) is 0. The van der Waals surface area contributed by atoms with Crippen LogP contribution in [-0.4, -0.2) is 23.0 Å². The molecule has 0 spiro atoms. The first-order valence-electron chi connectivity index (χ1n) is 8.36. The van der Waals surface area contributed by atoms with E-state index in [-0.39, 0.29) is 0 Å². The van der Waals surface area contributed by atoms with Crippen LogP contribution in [0.3, 0.4) is 0 Å². The van der Waals surface area contributed by atoms with Gasteiger partial charge in [-0.2, -0.15) is 0 Å². The molecule has 1 aliphatic rings. The Labute approximate surface area is 151 Å². The lowest BCUT2D eigenvalue weighted by molar-refractivity contribution is 0.334. The number of fused-ring (bicyclic) bond motifs is 1. The lowest BCUT2D eigenvalue weighted by atomic mass is 10.2. The molecule has 5 heteroatoms. The zero-order valence-electron chi connectivity index (χ0n) is 13.5. The maximum atomic E-state index is 6.05. The summed E-state index contributed by atoms with van der Waals surface area (Å²) in [7, 11) is 0. The number of thiophene rings is 1. The van der Waals surface area contributed by atoms with Crippen LogP contribution in [0, 0.1) is 0 Å². The van der Waals surface area contributed by atoms with Crippen LogP contribution in [-0.2, 0) is 13.1 Å². The Morgan fingerprint density at radius 3 is 2.79 bits per heavy atom. The molecule has 4 rings (SSSR count). The van der Waals surface area contributed by atoms with E-state index in [1.54, 1.807) is 0 Å². The standard InChI is InChI=1S/C19H20ClN3S/c20-14-3-6-17-18(7-8-21-19(17)11-14)22-12-15-4-5-16(24-15)13-23-9-1-2-10-23/h3-8,11H,1-2,9-10,12-13H2,(H,21,22). The zero-order chi connectivity index (χ0) is 16.4. The highest BCUT2D eigenvalue weighted by molar-refractivity contribution is 7.12. The molecule has 2 aromatic heterocycles. The van der Waals surface area contributed by atoms with Crippen LogP contribution in [0.25, 0.3) is 10.9 Å². The van der Waals surface area contributed by atoms with E-state index in [1.807, 2.05) is 41.8 Å². The molecule has 24 heavy (non-hydrogen) atoms. The number of hydrogen-bond acceptors (Lipinski definition) is 4. The Hall–Kier alpha value is -1.62. The van der Waals surface area contributed by atoms with Crippen molar-refractivity contribution < 1.29 is 0 Å². The molecular formula is C19H20ClN3S. The number of halogens is 1. The number of likely N-dealkylation sites (tertiary alicyclic amines) is 1. The quantitative estimate of drug-likeness (QED) is 0.683. The third kappa shape index (κ3) is 3.56. The highest BCUT2D eigenvalue weighted by atomic mass is 35.5. The van der Waals surface area contributed by atoms with Crippen molar-refractivity contribution in [2.75, 3.05) is 18.4 Å². The summed E-state index contributed by atoms with van der Waals surface area (Å²) >= 11 is 7.96. The lowest BCUT2D eigenvalue weighted by Crippen LogP contribution is -2.17. The SMILES string of the molecule is Clc1ccc2c(NCc3ccc(CN4CCCC4)s3)ccnc2c1. The van der Waals surface area contributed by atoms with Gasteiger partial charge in [0.25, 0.3) is 0 Å². The van der Waals surface area contributed by atoms with E-state index >= 15 is 0 Å². The predicted octanol–water partition coefficient (Wildman–Crippen LogP) is 5.16. The van der Waals surface area contributed by atoms with Crippen LogP contribution in [0.15, 0.2) is 42.6 Å². The van der Waals surface area contributed by atoms with E-state index < -0.39 is 0 Å². The second kappa shape index (κ2) is 7.09. The highest BCUT2D eigenvalue weighted by Crippen LogP contribution is 2.26. The first-order valence-corrected chi connectivity index (χ1v) is 9.55. The fourth-order valence-electron chi connectivity index (χ4n) is 3.22. The van der Waals surface area contributed by atoms with Gasteiger partial charge in [0, 0.05) is 45.1 Å². The summed E-state index contributed by atoms with van der Waals surface area (Å²) in [6, 6.07) is 12.4. The molecule has 1 fully saturated rings. The van der Waals surface area contributed by atoms with Gasteiger partial charge in [-0.1, -0.05) is 11.6 Å². The van der Waals surface area contributed by atoms with Gasteiger partial charge in [0.2, 0.25) is 0 Å². The monoisotopic (exact) mass is 357 g/mol. The number of pyridine rings is 1. The molecule has 1 aliphatic heterocycles. The molecule has 3 aromatic rings. The average molecular weight is 358 g/mol. The van der Waals surface area contributed by atoms with Gasteiger partial charge in [0.15, 0.2) is 0 Å². The summed E-state index contributed by atoms with van der Waals surface area (Å²) < 4.78 is 0. The third-order valence-corrected chi connectivity index (χ3v) is 5.76. The molecule has 0 aliphatic carbocycles. The Morgan fingerprint density at radius 2 is 1.92 bits per heavy atom. The van der Waals surface area contributed by atoms with E-state index in [4.69, 9.17) is 11.6 Å².